The highest BCUT2D eigenvalue weighted by molar-refractivity contribution is 6.06. The highest BCUT2D eigenvalue weighted by Crippen LogP contribution is 2.20. The second kappa shape index (κ2) is 9.95. The molecule has 4 aromatic rings. The van der Waals surface area contributed by atoms with E-state index in [1.165, 1.54) is 6.33 Å². The highest BCUT2D eigenvalue weighted by atomic mass is 16.2. The van der Waals surface area contributed by atoms with E-state index >= 15 is 0 Å². The fraction of sp³-hybridized carbons (Fsp3) is 0.304. The quantitative estimate of drug-likeness (QED) is 0.525. The molecule has 0 aliphatic heterocycles. The second-order valence-corrected chi connectivity index (χ2v) is 7.81. The smallest absolute Gasteiger partial charge is 0.313 e. The number of benzene rings is 1. The van der Waals surface area contributed by atoms with Crippen LogP contribution in [0, 0.1) is 6.92 Å². The third-order valence-electron chi connectivity index (χ3n) is 4.71. The van der Waals surface area contributed by atoms with Crippen molar-refractivity contribution in [2.24, 2.45) is 0 Å². The maximum atomic E-state index is 12.2. The summed E-state index contributed by atoms with van der Waals surface area (Å²) in [5, 5.41) is 2.79. The number of hydrogen-bond donors (Lipinski definition) is 1. The fourth-order valence-corrected chi connectivity index (χ4v) is 2.98. The molecular formula is C23H27N7O2. The van der Waals surface area contributed by atoms with E-state index in [1.807, 2.05) is 63.5 Å². The molecule has 0 saturated carbocycles. The lowest BCUT2D eigenvalue weighted by Gasteiger charge is -2.08. The lowest BCUT2D eigenvalue weighted by molar-refractivity contribution is 0.102. The van der Waals surface area contributed by atoms with E-state index in [9.17, 15) is 9.59 Å². The summed E-state index contributed by atoms with van der Waals surface area (Å²) in [6, 6.07) is 11.3. The van der Waals surface area contributed by atoms with Gasteiger partial charge in [0.25, 0.3) is 5.91 Å². The summed E-state index contributed by atoms with van der Waals surface area (Å²) in [5.41, 5.74) is 2.48. The normalized spacial score (nSPS) is 10.8. The molecule has 0 aliphatic rings. The van der Waals surface area contributed by atoms with E-state index in [0.29, 0.717) is 22.5 Å². The Morgan fingerprint density at radius 2 is 1.62 bits per heavy atom. The Bertz CT molecular complexity index is 1260. The lowest BCUT2D eigenvalue weighted by Crippen LogP contribution is -2.24. The molecule has 0 atom stereocenters. The molecule has 0 spiro atoms. The largest absolute Gasteiger partial charge is 0.347 e. The Kier molecular flexibility index (Phi) is 7.09. The van der Waals surface area contributed by atoms with Gasteiger partial charge in [-0.1, -0.05) is 18.2 Å². The van der Waals surface area contributed by atoms with Gasteiger partial charge in [-0.25, -0.2) is 19.7 Å². The predicted octanol–water partition coefficient (Wildman–Crippen LogP) is 3.79. The second-order valence-electron chi connectivity index (χ2n) is 7.81. The fourth-order valence-electron chi connectivity index (χ4n) is 2.98. The maximum absolute atomic E-state index is 12.2. The van der Waals surface area contributed by atoms with Gasteiger partial charge in [0.2, 0.25) is 0 Å². The van der Waals surface area contributed by atoms with Gasteiger partial charge in [0.1, 0.15) is 6.33 Å². The monoisotopic (exact) mass is 433 g/mol. The molecule has 32 heavy (non-hydrogen) atoms. The summed E-state index contributed by atoms with van der Waals surface area (Å²) < 4.78 is 3.54. The first-order valence-corrected chi connectivity index (χ1v) is 10.4. The van der Waals surface area contributed by atoms with Crippen LogP contribution in [0.2, 0.25) is 0 Å². The molecule has 3 aromatic heterocycles. The Hall–Kier alpha value is -3.88. The summed E-state index contributed by atoms with van der Waals surface area (Å²) in [6.07, 6.45) is 4.92. The minimum atomic E-state index is -0.213. The molecule has 0 aliphatic carbocycles. The molecule has 1 aromatic carbocycles. The SMILES string of the molecule is CC(C)n1cnc2c(NC(=O)c3ccccc3)ncnc21.Cc1ccn(C(C)C)c(=O)n1. The van der Waals surface area contributed by atoms with Crippen molar-refractivity contribution in [3.63, 3.8) is 0 Å². The summed E-state index contributed by atoms with van der Waals surface area (Å²) in [5.74, 6) is 0.211. The van der Waals surface area contributed by atoms with Crippen molar-refractivity contribution in [1.29, 1.82) is 0 Å². The molecule has 166 valence electrons. The summed E-state index contributed by atoms with van der Waals surface area (Å²) in [6.45, 7) is 9.82. The van der Waals surface area contributed by atoms with Crippen molar-refractivity contribution >= 4 is 22.9 Å². The van der Waals surface area contributed by atoms with Crippen LogP contribution in [0.15, 0.2) is 60.0 Å². The van der Waals surface area contributed by atoms with Crippen LogP contribution < -0.4 is 11.0 Å². The van der Waals surface area contributed by atoms with Crippen LogP contribution in [0.1, 0.15) is 55.8 Å². The van der Waals surface area contributed by atoms with E-state index < -0.39 is 0 Å². The molecule has 3 heterocycles. The average Bonchev–Trinajstić information content (AvgIpc) is 3.20. The number of anilines is 1. The van der Waals surface area contributed by atoms with E-state index in [-0.39, 0.29) is 23.7 Å². The molecule has 1 N–H and O–H groups in total. The number of rotatable bonds is 4. The van der Waals surface area contributed by atoms with E-state index in [1.54, 1.807) is 29.2 Å². The number of aromatic nitrogens is 6. The molecule has 9 heteroatoms. The predicted molar refractivity (Wildman–Crippen MR) is 124 cm³/mol. The zero-order valence-electron chi connectivity index (χ0n) is 18.9. The molecular weight excluding hydrogens is 406 g/mol. The van der Waals surface area contributed by atoms with Gasteiger partial charge in [0.15, 0.2) is 17.0 Å². The van der Waals surface area contributed by atoms with Gasteiger partial charge < -0.3 is 9.88 Å². The molecule has 4 rings (SSSR count). The van der Waals surface area contributed by atoms with Crippen molar-refractivity contribution in [2.75, 3.05) is 5.32 Å². The first-order valence-electron chi connectivity index (χ1n) is 10.4. The topological polar surface area (TPSA) is 108 Å². The Morgan fingerprint density at radius 1 is 0.938 bits per heavy atom. The Morgan fingerprint density at radius 3 is 2.25 bits per heavy atom. The lowest BCUT2D eigenvalue weighted by atomic mass is 10.2. The van der Waals surface area contributed by atoms with Gasteiger partial charge >= 0.3 is 5.69 Å². The van der Waals surface area contributed by atoms with Crippen molar-refractivity contribution in [2.45, 2.75) is 46.7 Å². The molecule has 0 unspecified atom stereocenters. The van der Waals surface area contributed by atoms with E-state index in [0.717, 1.165) is 5.69 Å². The molecule has 0 fully saturated rings. The standard InChI is InChI=1S/C15H15N5O.C8H12N2O/c1-10(2)20-9-18-12-13(16-8-17-14(12)20)19-15(21)11-6-4-3-5-7-11;1-6(2)10-5-4-7(3)9-8(10)11/h3-10H,1-2H3,(H,16,17,19,21);4-6H,1-3H3. The van der Waals surface area contributed by atoms with Gasteiger partial charge in [-0.3, -0.25) is 9.36 Å². The van der Waals surface area contributed by atoms with E-state index in [2.05, 4.69) is 25.3 Å². The van der Waals surface area contributed by atoms with Gasteiger partial charge in [-0.05, 0) is 52.8 Å². The average molecular weight is 434 g/mol. The van der Waals surface area contributed by atoms with Crippen LogP contribution in [0.25, 0.3) is 11.2 Å². The summed E-state index contributed by atoms with van der Waals surface area (Å²) in [4.78, 5) is 39.8. The van der Waals surface area contributed by atoms with Crippen LogP contribution in [0.4, 0.5) is 5.82 Å². The van der Waals surface area contributed by atoms with Crippen LogP contribution in [0.3, 0.4) is 0 Å². The van der Waals surface area contributed by atoms with Crippen molar-refractivity contribution in [3.05, 3.63) is 77.0 Å². The third kappa shape index (κ3) is 5.23. The Balaban J connectivity index is 0.000000222. The molecule has 9 nitrogen and oxygen atoms in total. The van der Waals surface area contributed by atoms with Crippen molar-refractivity contribution < 1.29 is 4.79 Å². The minimum absolute atomic E-state index is 0.167. The van der Waals surface area contributed by atoms with Gasteiger partial charge in [0.05, 0.1) is 6.33 Å². The highest BCUT2D eigenvalue weighted by Gasteiger charge is 2.14. The zero-order valence-corrected chi connectivity index (χ0v) is 18.9. The molecule has 1 amide bonds. The number of nitrogens with zero attached hydrogens (tertiary/aromatic N) is 6. The number of amides is 1. The summed E-state index contributed by atoms with van der Waals surface area (Å²) in [7, 11) is 0. The number of nitrogens with one attached hydrogen (secondary N) is 1. The first-order chi connectivity index (χ1) is 15.3. The number of hydrogen-bond acceptors (Lipinski definition) is 6. The van der Waals surface area contributed by atoms with Crippen molar-refractivity contribution in [3.8, 4) is 0 Å². The number of imidazole rings is 1. The van der Waals surface area contributed by atoms with Crippen LogP contribution in [-0.4, -0.2) is 35.0 Å². The number of aryl methyl sites for hydroxylation is 1. The number of carbonyl (C=O) groups excluding carboxylic acids is 1. The molecule has 0 bridgehead atoms. The van der Waals surface area contributed by atoms with E-state index in [4.69, 9.17) is 0 Å². The van der Waals surface area contributed by atoms with Gasteiger partial charge in [-0.2, -0.15) is 4.98 Å². The molecule has 0 radical (unpaired) electrons. The van der Waals surface area contributed by atoms with Crippen LogP contribution >= 0.6 is 0 Å². The molecule has 0 saturated heterocycles. The minimum Gasteiger partial charge on any atom is -0.313 e. The Labute approximate surface area is 186 Å². The van der Waals surface area contributed by atoms with Crippen LogP contribution in [0.5, 0.6) is 0 Å². The summed E-state index contributed by atoms with van der Waals surface area (Å²) >= 11 is 0. The maximum Gasteiger partial charge on any atom is 0.347 e. The zero-order chi connectivity index (χ0) is 23.3. The number of carbonyl (C=O) groups is 1. The van der Waals surface area contributed by atoms with Gasteiger partial charge in [-0.15, -0.1) is 0 Å². The third-order valence-corrected chi connectivity index (χ3v) is 4.71. The number of fused-ring (bicyclic) bond motifs is 1. The first kappa shape index (κ1) is 22.8. The van der Waals surface area contributed by atoms with Gasteiger partial charge in [0, 0.05) is 29.5 Å². The van der Waals surface area contributed by atoms with Crippen LogP contribution in [-0.2, 0) is 0 Å². The van der Waals surface area contributed by atoms with Crippen molar-refractivity contribution in [1.82, 2.24) is 29.1 Å².